The van der Waals surface area contributed by atoms with Gasteiger partial charge in [-0.05, 0) is 170 Å². The minimum absolute atomic E-state index is 0.00271. The third kappa shape index (κ3) is 7.26. The Labute approximate surface area is 549 Å². The quantitative estimate of drug-likeness (QED) is 0.152. The lowest BCUT2D eigenvalue weighted by molar-refractivity contribution is 0.589. The van der Waals surface area contributed by atoms with Gasteiger partial charge in [-0.2, -0.15) is 0 Å². The molecule has 2 aromatic heterocycles. The van der Waals surface area contributed by atoms with Gasteiger partial charge in [-0.1, -0.05) is 297 Å². The summed E-state index contributed by atoms with van der Waals surface area (Å²) in [4.78, 5) is 0. The van der Waals surface area contributed by atoms with Crippen molar-refractivity contribution in [1.82, 2.24) is 0 Å². The first-order valence-electron chi connectivity index (χ1n) is 33.6. The molecule has 0 fully saturated rings. The number of furan rings is 2. The number of rotatable bonds is 8. The lowest BCUT2D eigenvalue weighted by atomic mass is 9.66. The van der Waals surface area contributed by atoms with Gasteiger partial charge in [0.15, 0.2) is 0 Å². The van der Waals surface area contributed by atoms with E-state index in [1.807, 2.05) is 0 Å². The maximum atomic E-state index is 7.17. The lowest BCUT2D eigenvalue weighted by Gasteiger charge is -2.35. The average molecular weight is 1210 g/mol. The summed E-state index contributed by atoms with van der Waals surface area (Å²) < 4.78 is 14.0. The third-order valence-corrected chi connectivity index (χ3v) is 22.7. The van der Waals surface area contributed by atoms with Crippen LogP contribution in [0.2, 0.25) is 0 Å². The minimum atomic E-state index is -0.696. The maximum Gasteiger partial charge on any atom is 0.144 e. The van der Waals surface area contributed by atoms with Crippen molar-refractivity contribution in [2.75, 3.05) is 0 Å². The first-order chi connectivity index (χ1) is 45.8. The normalized spacial score (nSPS) is 15.7. The van der Waals surface area contributed by atoms with Crippen LogP contribution in [0.1, 0.15) is 143 Å². The fourth-order valence-electron chi connectivity index (χ4n) is 18.6. The summed E-state index contributed by atoms with van der Waals surface area (Å²) in [5.74, 6) is 0.0194. The van der Waals surface area contributed by atoms with Gasteiger partial charge in [0.1, 0.15) is 22.3 Å². The largest absolute Gasteiger partial charge is 0.456 e. The van der Waals surface area contributed by atoms with E-state index in [0.29, 0.717) is 0 Å². The summed E-state index contributed by atoms with van der Waals surface area (Å²) in [5.41, 5.74) is 32.9. The van der Waals surface area contributed by atoms with Gasteiger partial charge in [0.2, 0.25) is 0 Å². The highest BCUT2D eigenvalue weighted by atomic mass is 16.3. The Kier molecular flexibility index (Phi) is 11.4. The molecule has 15 aromatic rings. The van der Waals surface area contributed by atoms with Crippen molar-refractivity contribution in [3.63, 3.8) is 0 Å². The summed E-state index contributed by atoms with van der Waals surface area (Å²) in [6, 6.07) is 106. The van der Waals surface area contributed by atoms with E-state index < -0.39 is 10.8 Å². The molecule has 19 rings (SSSR count). The van der Waals surface area contributed by atoms with Gasteiger partial charge in [0.25, 0.3) is 0 Å². The SMILES string of the molecule is CC(C)(C)c1ccc(C(Cc2ccc3c(c2)C(c2ccccc2)(c2ccccc2)c2cc4c(cc2-3)C(c2ccccc2)(c2ccccc2)c2ccc3oc5ccccc5c3c2-4)c2ccc3c(c2)C(C)(C)c2c4c(c5c(oc6ccccc65)c2-3)-c2ccccc2C4(C)C)cc1. The monoisotopic (exact) mass is 1210 g/mol. The standard InChI is InChI=1S/C92H70O2/c1-88(2,3)58-44-41-56(42-45-58)68(57-43-47-65-73(52-57)90(6,7)86-84(65)87-83(67-36-22-25-39-78(67)94-87)82-64-34-20-23-37-71(64)89(4,5)85(82)86)50-55-40-46-63-69-53-76-70(54-75(69)92(74(63)51-55,61-30-16-10-17-31-61)62-32-18-11-19-33-62)80-72(48-49-79-81(80)66-35-21-24-38-77(66)93-79)91(76,59-26-12-8-13-27-59)60-28-14-9-15-29-60/h8-49,51-54,68H,50H2,1-7H3. The molecule has 4 aliphatic carbocycles. The zero-order valence-electron chi connectivity index (χ0n) is 54.2. The summed E-state index contributed by atoms with van der Waals surface area (Å²) in [6.07, 6.45) is 0.788. The van der Waals surface area contributed by atoms with E-state index in [1.54, 1.807) is 0 Å². The second kappa shape index (κ2) is 19.5. The van der Waals surface area contributed by atoms with E-state index in [0.717, 1.165) is 39.5 Å². The number of benzene rings is 13. The molecule has 450 valence electrons. The zero-order valence-corrected chi connectivity index (χ0v) is 54.2. The first kappa shape index (κ1) is 55.1. The fraction of sp³-hybridized carbons (Fsp3) is 0.152. The highest BCUT2D eigenvalue weighted by Crippen LogP contribution is 2.66. The lowest BCUT2D eigenvalue weighted by Crippen LogP contribution is -2.30. The average Bonchev–Trinajstić information content (AvgIpc) is 1.51. The molecule has 0 N–H and O–H groups in total. The second-order valence-corrected chi connectivity index (χ2v) is 29.3. The number of fused-ring (bicyclic) bond motifs is 22. The van der Waals surface area contributed by atoms with Crippen LogP contribution in [0.15, 0.2) is 288 Å². The fourth-order valence-corrected chi connectivity index (χ4v) is 18.6. The summed E-state index contributed by atoms with van der Waals surface area (Å²) in [6.45, 7) is 16.8. The van der Waals surface area contributed by atoms with Crippen LogP contribution in [-0.2, 0) is 33.5 Å². The van der Waals surface area contributed by atoms with Gasteiger partial charge in [-0.25, -0.2) is 0 Å². The number of para-hydroxylation sites is 2. The Balaban J connectivity index is 0.841. The van der Waals surface area contributed by atoms with Crippen LogP contribution in [-0.4, -0.2) is 0 Å². The third-order valence-electron chi connectivity index (χ3n) is 22.7. The zero-order chi connectivity index (χ0) is 63.2. The van der Waals surface area contributed by atoms with E-state index in [2.05, 4.69) is 328 Å². The molecule has 0 bridgehead atoms. The predicted octanol–water partition coefficient (Wildman–Crippen LogP) is 23.5. The van der Waals surface area contributed by atoms with Crippen LogP contribution in [0.5, 0.6) is 0 Å². The Morgan fingerprint density at radius 3 is 1.46 bits per heavy atom. The highest BCUT2D eigenvalue weighted by molar-refractivity contribution is 6.21. The molecule has 2 heterocycles. The Morgan fingerprint density at radius 1 is 0.330 bits per heavy atom. The van der Waals surface area contributed by atoms with E-state index in [-0.39, 0.29) is 22.2 Å². The van der Waals surface area contributed by atoms with Gasteiger partial charge >= 0.3 is 0 Å². The van der Waals surface area contributed by atoms with Crippen molar-refractivity contribution in [3.05, 3.63) is 368 Å². The van der Waals surface area contributed by atoms with Crippen molar-refractivity contribution >= 4 is 43.9 Å². The molecule has 2 nitrogen and oxygen atoms in total. The molecular weight excluding hydrogens is 1140 g/mol. The van der Waals surface area contributed by atoms with Crippen molar-refractivity contribution in [2.45, 2.75) is 87.9 Å². The van der Waals surface area contributed by atoms with Crippen molar-refractivity contribution in [1.29, 1.82) is 0 Å². The topological polar surface area (TPSA) is 26.3 Å². The van der Waals surface area contributed by atoms with E-state index in [9.17, 15) is 0 Å². The van der Waals surface area contributed by atoms with Crippen LogP contribution < -0.4 is 0 Å². The highest BCUT2D eigenvalue weighted by Gasteiger charge is 2.53. The van der Waals surface area contributed by atoms with Crippen LogP contribution in [0.25, 0.3) is 88.4 Å². The molecule has 0 spiro atoms. The number of hydrogen-bond donors (Lipinski definition) is 0. The smallest absolute Gasteiger partial charge is 0.144 e. The van der Waals surface area contributed by atoms with Gasteiger partial charge in [-0.15, -0.1) is 0 Å². The molecular formula is C92H70O2. The van der Waals surface area contributed by atoms with Crippen molar-refractivity contribution in [2.24, 2.45) is 0 Å². The number of hydrogen-bond acceptors (Lipinski definition) is 2. The molecule has 94 heavy (non-hydrogen) atoms. The van der Waals surface area contributed by atoms with Gasteiger partial charge in [-0.3, -0.25) is 0 Å². The van der Waals surface area contributed by atoms with Gasteiger partial charge < -0.3 is 8.83 Å². The summed E-state index contributed by atoms with van der Waals surface area (Å²) >= 11 is 0. The maximum absolute atomic E-state index is 7.17. The minimum Gasteiger partial charge on any atom is -0.456 e. The van der Waals surface area contributed by atoms with E-state index in [4.69, 9.17) is 8.83 Å². The molecule has 0 amide bonds. The van der Waals surface area contributed by atoms with Crippen LogP contribution in [0, 0.1) is 0 Å². The van der Waals surface area contributed by atoms with Gasteiger partial charge in [0.05, 0.1) is 10.8 Å². The second-order valence-electron chi connectivity index (χ2n) is 29.3. The summed E-state index contributed by atoms with van der Waals surface area (Å²) in [7, 11) is 0. The van der Waals surface area contributed by atoms with Crippen LogP contribution >= 0.6 is 0 Å². The molecule has 0 saturated heterocycles. The Morgan fingerprint density at radius 2 is 0.819 bits per heavy atom. The molecule has 0 saturated carbocycles. The Bertz CT molecular complexity index is 5570. The van der Waals surface area contributed by atoms with Crippen molar-refractivity contribution in [3.8, 4) is 44.5 Å². The molecule has 1 atom stereocenters. The van der Waals surface area contributed by atoms with Crippen LogP contribution in [0.3, 0.4) is 0 Å². The molecule has 0 aliphatic heterocycles. The molecule has 4 aliphatic rings. The Hall–Kier alpha value is -10.5. The molecule has 2 heteroatoms. The van der Waals surface area contributed by atoms with Gasteiger partial charge in [0, 0.05) is 43.9 Å². The van der Waals surface area contributed by atoms with E-state index in [1.165, 1.54) is 144 Å². The molecule has 1 unspecified atom stereocenters. The molecule has 13 aromatic carbocycles. The first-order valence-corrected chi connectivity index (χ1v) is 33.6. The van der Waals surface area contributed by atoms with Crippen LogP contribution in [0.4, 0.5) is 0 Å². The molecule has 0 radical (unpaired) electrons. The van der Waals surface area contributed by atoms with Crippen molar-refractivity contribution < 1.29 is 8.83 Å². The van der Waals surface area contributed by atoms with E-state index >= 15 is 0 Å². The summed E-state index contributed by atoms with van der Waals surface area (Å²) in [5, 5.41) is 4.70. The predicted molar refractivity (Wildman–Crippen MR) is 388 cm³/mol.